The van der Waals surface area contributed by atoms with Crippen molar-refractivity contribution in [2.75, 3.05) is 13.7 Å². The molecule has 2 fully saturated rings. The second-order valence-corrected chi connectivity index (χ2v) is 6.80. The highest BCUT2D eigenvalue weighted by molar-refractivity contribution is 5.98. The number of carbonyl (C=O) groups excluding carboxylic acids is 3. The van der Waals surface area contributed by atoms with E-state index in [4.69, 9.17) is 9.47 Å². The monoisotopic (exact) mass is 330 g/mol. The van der Waals surface area contributed by atoms with Crippen LogP contribution in [0.5, 0.6) is 0 Å². The molecule has 0 radical (unpaired) electrons. The lowest BCUT2D eigenvalue weighted by Crippen LogP contribution is -2.37. The third-order valence-corrected chi connectivity index (χ3v) is 5.38. The first-order chi connectivity index (χ1) is 11.5. The maximum Gasteiger partial charge on any atom is 0.310 e. The molecule has 3 rings (SSSR count). The standard InChI is InChI=1S/C19H22O5/c1-11-3-5-12(6-4-11)15(20)10-24-19(22)17-14-8-7-13(9-14)16(17)18(21)23-2/h3-6,13-14,16-17H,7-10H2,1-2H3/t13-,14+,16-,17-/m0/s1. The lowest BCUT2D eigenvalue weighted by atomic mass is 9.79. The number of methoxy groups -OCH3 is 1. The van der Waals surface area contributed by atoms with Gasteiger partial charge < -0.3 is 9.47 Å². The minimum atomic E-state index is -0.470. The fraction of sp³-hybridized carbons (Fsp3) is 0.526. The number of aryl methyl sites for hydroxylation is 1. The smallest absolute Gasteiger partial charge is 0.310 e. The molecule has 0 aromatic heterocycles. The quantitative estimate of drug-likeness (QED) is 0.613. The first-order valence-electron chi connectivity index (χ1n) is 8.35. The Morgan fingerprint density at radius 3 is 2.17 bits per heavy atom. The Morgan fingerprint density at radius 1 is 1.00 bits per heavy atom. The van der Waals surface area contributed by atoms with Crippen LogP contribution in [0.1, 0.15) is 35.2 Å². The van der Waals surface area contributed by atoms with Crippen LogP contribution in [0.4, 0.5) is 0 Å². The van der Waals surface area contributed by atoms with Crippen molar-refractivity contribution in [3.63, 3.8) is 0 Å². The van der Waals surface area contributed by atoms with Crippen molar-refractivity contribution in [2.45, 2.75) is 26.2 Å². The number of ether oxygens (including phenoxy) is 2. The van der Waals surface area contributed by atoms with E-state index >= 15 is 0 Å². The molecular weight excluding hydrogens is 308 g/mol. The number of ketones is 1. The van der Waals surface area contributed by atoms with Gasteiger partial charge in [-0.15, -0.1) is 0 Å². The molecule has 1 aromatic rings. The van der Waals surface area contributed by atoms with Gasteiger partial charge in [-0.25, -0.2) is 0 Å². The lowest BCUT2D eigenvalue weighted by molar-refractivity contribution is -0.161. The summed E-state index contributed by atoms with van der Waals surface area (Å²) in [7, 11) is 1.34. The van der Waals surface area contributed by atoms with Crippen molar-refractivity contribution in [2.24, 2.45) is 23.7 Å². The van der Waals surface area contributed by atoms with E-state index in [1.54, 1.807) is 12.1 Å². The number of Topliss-reactive ketones (excluding diaryl/α,β-unsaturated/α-hetero) is 1. The number of rotatable bonds is 5. The summed E-state index contributed by atoms with van der Waals surface area (Å²) in [5.41, 5.74) is 1.58. The van der Waals surface area contributed by atoms with E-state index in [-0.39, 0.29) is 30.2 Å². The summed E-state index contributed by atoms with van der Waals surface area (Å²) in [6, 6.07) is 7.14. The zero-order valence-electron chi connectivity index (χ0n) is 14.0. The van der Waals surface area contributed by atoms with Gasteiger partial charge in [0.15, 0.2) is 12.4 Å². The second-order valence-electron chi connectivity index (χ2n) is 6.80. The average Bonchev–Trinajstić information content (AvgIpc) is 3.20. The van der Waals surface area contributed by atoms with Gasteiger partial charge in [0.25, 0.3) is 0 Å². The van der Waals surface area contributed by atoms with Crippen LogP contribution in [0.15, 0.2) is 24.3 Å². The van der Waals surface area contributed by atoms with E-state index in [9.17, 15) is 14.4 Å². The average molecular weight is 330 g/mol. The predicted octanol–water partition coefficient (Wildman–Crippen LogP) is 2.56. The molecule has 2 bridgehead atoms. The number of hydrogen-bond acceptors (Lipinski definition) is 5. The zero-order chi connectivity index (χ0) is 17.3. The normalized spacial score (nSPS) is 27.8. The van der Waals surface area contributed by atoms with Crippen LogP contribution in [0.25, 0.3) is 0 Å². The van der Waals surface area contributed by atoms with Crippen molar-refractivity contribution in [1.82, 2.24) is 0 Å². The molecule has 1 aromatic carbocycles. The molecule has 2 aliphatic rings. The van der Waals surface area contributed by atoms with E-state index in [0.717, 1.165) is 24.8 Å². The highest BCUT2D eigenvalue weighted by Crippen LogP contribution is 2.53. The van der Waals surface area contributed by atoms with Crippen LogP contribution in [-0.4, -0.2) is 31.4 Å². The topological polar surface area (TPSA) is 69.7 Å². The lowest BCUT2D eigenvalue weighted by Gasteiger charge is -2.27. The third-order valence-electron chi connectivity index (χ3n) is 5.38. The molecule has 24 heavy (non-hydrogen) atoms. The maximum absolute atomic E-state index is 12.5. The molecule has 0 unspecified atom stereocenters. The molecular formula is C19H22O5. The summed E-state index contributed by atoms with van der Waals surface area (Å²) in [5.74, 6) is -1.54. The molecule has 5 nitrogen and oxygen atoms in total. The van der Waals surface area contributed by atoms with Gasteiger partial charge in [0, 0.05) is 5.56 Å². The van der Waals surface area contributed by atoms with E-state index in [1.165, 1.54) is 7.11 Å². The van der Waals surface area contributed by atoms with Crippen LogP contribution in [0, 0.1) is 30.6 Å². The fourth-order valence-corrected chi connectivity index (χ4v) is 4.16. The highest BCUT2D eigenvalue weighted by Gasteiger charge is 2.55. The Hall–Kier alpha value is -2.17. The minimum Gasteiger partial charge on any atom is -0.469 e. The molecule has 0 heterocycles. The van der Waals surface area contributed by atoms with Gasteiger partial charge in [-0.2, -0.15) is 0 Å². The molecule has 0 N–H and O–H groups in total. The molecule has 2 saturated carbocycles. The van der Waals surface area contributed by atoms with Crippen molar-refractivity contribution in [3.05, 3.63) is 35.4 Å². The highest BCUT2D eigenvalue weighted by atomic mass is 16.5. The van der Waals surface area contributed by atoms with E-state index in [2.05, 4.69) is 0 Å². The summed E-state index contributed by atoms with van der Waals surface area (Å²) in [5, 5.41) is 0. The summed E-state index contributed by atoms with van der Waals surface area (Å²) in [6.07, 6.45) is 2.76. The van der Waals surface area contributed by atoms with E-state index < -0.39 is 17.8 Å². The Balaban J connectivity index is 1.63. The SMILES string of the molecule is COC(=O)[C@H]1[C@H]2CC[C@H](C2)[C@@H]1C(=O)OCC(=O)c1ccc(C)cc1. The van der Waals surface area contributed by atoms with Crippen molar-refractivity contribution >= 4 is 17.7 Å². The molecule has 0 saturated heterocycles. The maximum atomic E-state index is 12.5. The Labute approximate surface area is 141 Å². The summed E-state index contributed by atoms with van der Waals surface area (Å²) >= 11 is 0. The molecule has 128 valence electrons. The molecule has 0 amide bonds. The van der Waals surface area contributed by atoms with E-state index in [1.807, 2.05) is 19.1 Å². The van der Waals surface area contributed by atoms with Crippen LogP contribution in [0.2, 0.25) is 0 Å². The van der Waals surface area contributed by atoms with Gasteiger partial charge in [0.2, 0.25) is 0 Å². The van der Waals surface area contributed by atoms with Crippen LogP contribution < -0.4 is 0 Å². The van der Waals surface area contributed by atoms with Gasteiger partial charge in [-0.3, -0.25) is 14.4 Å². The summed E-state index contributed by atoms with van der Waals surface area (Å²) < 4.78 is 10.1. The number of fused-ring (bicyclic) bond motifs is 2. The zero-order valence-corrected chi connectivity index (χ0v) is 14.0. The number of hydrogen-bond donors (Lipinski definition) is 0. The number of esters is 2. The number of carbonyl (C=O) groups is 3. The molecule has 2 aliphatic carbocycles. The third kappa shape index (κ3) is 3.07. The second kappa shape index (κ2) is 6.75. The number of benzene rings is 1. The molecule has 0 aliphatic heterocycles. The van der Waals surface area contributed by atoms with Crippen LogP contribution >= 0.6 is 0 Å². The van der Waals surface area contributed by atoms with E-state index in [0.29, 0.717) is 5.56 Å². The Bertz CT molecular complexity index is 648. The van der Waals surface area contributed by atoms with Gasteiger partial charge in [-0.05, 0) is 38.0 Å². The minimum absolute atomic E-state index is 0.168. The fourth-order valence-electron chi connectivity index (χ4n) is 4.16. The van der Waals surface area contributed by atoms with Crippen LogP contribution in [-0.2, 0) is 19.1 Å². The Kier molecular flexibility index (Phi) is 4.69. The summed E-state index contributed by atoms with van der Waals surface area (Å²) in [4.78, 5) is 36.6. The Morgan fingerprint density at radius 2 is 1.58 bits per heavy atom. The first kappa shape index (κ1) is 16.7. The first-order valence-corrected chi connectivity index (χ1v) is 8.35. The van der Waals surface area contributed by atoms with Gasteiger partial charge in [0.05, 0.1) is 18.9 Å². The van der Waals surface area contributed by atoms with Gasteiger partial charge >= 0.3 is 11.9 Å². The molecule has 5 heteroatoms. The molecule has 0 spiro atoms. The van der Waals surface area contributed by atoms with Gasteiger partial charge in [-0.1, -0.05) is 29.8 Å². The van der Waals surface area contributed by atoms with Gasteiger partial charge in [0.1, 0.15) is 0 Å². The van der Waals surface area contributed by atoms with Crippen molar-refractivity contribution < 1.29 is 23.9 Å². The summed E-state index contributed by atoms with van der Waals surface area (Å²) in [6.45, 7) is 1.65. The largest absolute Gasteiger partial charge is 0.469 e. The van der Waals surface area contributed by atoms with Crippen LogP contribution in [0.3, 0.4) is 0 Å². The predicted molar refractivity (Wildman–Crippen MR) is 86.3 cm³/mol. The molecule has 4 atom stereocenters. The van der Waals surface area contributed by atoms with Crippen molar-refractivity contribution in [3.8, 4) is 0 Å². The van der Waals surface area contributed by atoms with Crippen molar-refractivity contribution in [1.29, 1.82) is 0 Å².